The van der Waals surface area contributed by atoms with Crippen molar-refractivity contribution in [3.8, 4) is 0 Å². The molecule has 1 saturated carbocycles. The Kier molecular flexibility index (Phi) is 5.31. The molecule has 1 fully saturated rings. The van der Waals surface area contributed by atoms with Gasteiger partial charge >= 0.3 is 0 Å². The van der Waals surface area contributed by atoms with Gasteiger partial charge < -0.3 is 10.2 Å². The highest BCUT2D eigenvalue weighted by Gasteiger charge is 2.30. The zero-order valence-electron chi connectivity index (χ0n) is 14.9. The summed E-state index contributed by atoms with van der Waals surface area (Å²) < 4.78 is 0. The highest BCUT2D eigenvalue weighted by Crippen LogP contribution is 2.30. The first-order chi connectivity index (χ1) is 12.5. The van der Waals surface area contributed by atoms with E-state index in [-0.39, 0.29) is 17.7 Å². The van der Waals surface area contributed by atoms with Crippen LogP contribution in [0.5, 0.6) is 0 Å². The van der Waals surface area contributed by atoms with Gasteiger partial charge in [-0.15, -0.1) is 0 Å². The van der Waals surface area contributed by atoms with Crippen molar-refractivity contribution in [2.24, 2.45) is 11.0 Å². The SMILES string of the molecule is CN(C)c1ccc(/C=N/NC(=O)c2ccccc2NC(=O)C2CC2)cc1. The van der Waals surface area contributed by atoms with E-state index in [0.717, 1.165) is 24.1 Å². The van der Waals surface area contributed by atoms with Crippen LogP contribution in [0.25, 0.3) is 0 Å². The number of anilines is 2. The maximum absolute atomic E-state index is 12.4. The molecule has 3 rings (SSSR count). The molecule has 0 atom stereocenters. The van der Waals surface area contributed by atoms with Gasteiger partial charge in [-0.25, -0.2) is 5.43 Å². The van der Waals surface area contributed by atoms with Gasteiger partial charge in [0.25, 0.3) is 5.91 Å². The first-order valence-corrected chi connectivity index (χ1v) is 8.55. The fraction of sp³-hybridized carbons (Fsp3) is 0.250. The fourth-order valence-electron chi connectivity index (χ4n) is 2.45. The predicted octanol–water partition coefficient (Wildman–Crippen LogP) is 2.87. The lowest BCUT2D eigenvalue weighted by Gasteiger charge is -2.11. The number of nitrogens with zero attached hydrogens (tertiary/aromatic N) is 2. The Balaban J connectivity index is 1.63. The van der Waals surface area contributed by atoms with E-state index in [4.69, 9.17) is 0 Å². The third kappa shape index (κ3) is 4.47. The number of hydrogen-bond donors (Lipinski definition) is 2. The molecule has 0 unspecified atom stereocenters. The molecule has 0 saturated heterocycles. The van der Waals surface area contributed by atoms with Gasteiger partial charge in [-0.05, 0) is 42.7 Å². The number of para-hydroxylation sites is 1. The summed E-state index contributed by atoms with van der Waals surface area (Å²) in [5.74, 6) is -0.318. The molecule has 1 aliphatic carbocycles. The van der Waals surface area contributed by atoms with E-state index in [9.17, 15) is 9.59 Å². The average molecular weight is 350 g/mol. The van der Waals surface area contributed by atoms with Gasteiger partial charge in [0.05, 0.1) is 17.5 Å². The second kappa shape index (κ2) is 7.82. The van der Waals surface area contributed by atoms with Gasteiger partial charge in [0, 0.05) is 25.7 Å². The molecule has 1 aliphatic rings. The zero-order chi connectivity index (χ0) is 18.5. The second-order valence-electron chi connectivity index (χ2n) is 6.49. The van der Waals surface area contributed by atoms with Gasteiger partial charge in [0.2, 0.25) is 5.91 Å². The van der Waals surface area contributed by atoms with Crippen LogP contribution in [0.3, 0.4) is 0 Å². The number of amides is 2. The van der Waals surface area contributed by atoms with Gasteiger partial charge in [-0.2, -0.15) is 5.10 Å². The lowest BCUT2D eigenvalue weighted by atomic mass is 10.1. The van der Waals surface area contributed by atoms with Crippen LogP contribution in [0.15, 0.2) is 53.6 Å². The van der Waals surface area contributed by atoms with E-state index in [1.54, 1.807) is 30.5 Å². The first-order valence-electron chi connectivity index (χ1n) is 8.55. The molecule has 2 aromatic carbocycles. The summed E-state index contributed by atoms with van der Waals surface area (Å²) >= 11 is 0. The summed E-state index contributed by atoms with van der Waals surface area (Å²) in [6.07, 6.45) is 3.41. The molecule has 2 N–H and O–H groups in total. The number of hydrogen-bond acceptors (Lipinski definition) is 4. The van der Waals surface area contributed by atoms with Crippen molar-refractivity contribution in [2.75, 3.05) is 24.3 Å². The summed E-state index contributed by atoms with van der Waals surface area (Å²) in [6, 6.07) is 14.7. The van der Waals surface area contributed by atoms with Crippen LogP contribution in [0.4, 0.5) is 11.4 Å². The van der Waals surface area contributed by atoms with Gasteiger partial charge in [-0.3, -0.25) is 9.59 Å². The van der Waals surface area contributed by atoms with Crippen LogP contribution < -0.4 is 15.6 Å². The van der Waals surface area contributed by atoms with Crippen LogP contribution in [0.2, 0.25) is 0 Å². The molecule has 0 aromatic heterocycles. The molecule has 134 valence electrons. The number of carbonyl (C=O) groups excluding carboxylic acids is 2. The van der Waals surface area contributed by atoms with E-state index >= 15 is 0 Å². The monoisotopic (exact) mass is 350 g/mol. The predicted molar refractivity (Wildman–Crippen MR) is 104 cm³/mol. The number of hydrazone groups is 1. The highest BCUT2D eigenvalue weighted by atomic mass is 16.2. The molecule has 0 aliphatic heterocycles. The Bertz CT molecular complexity index is 824. The summed E-state index contributed by atoms with van der Waals surface area (Å²) in [7, 11) is 3.95. The molecule has 0 radical (unpaired) electrons. The lowest BCUT2D eigenvalue weighted by molar-refractivity contribution is -0.117. The van der Waals surface area contributed by atoms with E-state index < -0.39 is 0 Å². The minimum Gasteiger partial charge on any atom is -0.378 e. The Morgan fingerprint density at radius 1 is 1.08 bits per heavy atom. The van der Waals surface area contributed by atoms with Crippen LogP contribution >= 0.6 is 0 Å². The van der Waals surface area contributed by atoms with Gasteiger partial charge in [0.15, 0.2) is 0 Å². The molecule has 0 spiro atoms. The molecule has 26 heavy (non-hydrogen) atoms. The third-order valence-corrected chi connectivity index (χ3v) is 4.17. The third-order valence-electron chi connectivity index (χ3n) is 4.17. The van der Waals surface area contributed by atoms with E-state index in [0.29, 0.717) is 11.3 Å². The van der Waals surface area contributed by atoms with Crippen molar-refractivity contribution in [1.82, 2.24) is 5.43 Å². The van der Waals surface area contributed by atoms with Crippen molar-refractivity contribution < 1.29 is 9.59 Å². The number of rotatable bonds is 6. The van der Waals surface area contributed by atoms with Crippen LogP contribution in [-0.2, 0) is 4.79 Å². The second-order valence-corrected chi connectivity index (χ2v) is 6.49. The molecular formula is C20H22N4O2. The van der Waals surface area contributed by atoms with Crippen molar-refractivity contribution in [3.05, 3.63) is 59.7 Å². The van der Waals surface area contributed by atoms with E-state index in [2.05, 4.69) is 15.8 Å². The zero-order valence-corrected chi connectivity index (χ0v) is 14.9. The number of carbonyl (C=O) groups is 2. The van der Waals surface area contributed by atoms with E-state index in [1.165, 1.54) is 0 Å². The van der Waals surface area contributed by atoms with Crippen molar-refractivity contribution in [1.29, 1.82) is 0 Å². The lowest BCUT2D eigenvalue weighted by Crippen LogP contribution is -2.21. The summed E-state index contributed by atoms with van der Waals surface area (Å²) in [5, 5.41) is 6.83. The van der Waals surface area contributed by atoms with Crippen molar-refractivity contribution in [2.45, 2.75) is 12.8 Å². The molecule has 6 nitrogen and oxygen atoms in total. The fourth-order valence-corrected chi connectivity index (χ4v) is 2.45. The normalized spacial score (nSPS) is 13.5. The summed E-state index contributed by atoms with van der Waals surface area (Å²) in [4.78, 5) is 26.3. The van der Waals surface area contributed by atoms with Crippen LogP contribution in [-0.4, -0.2) is 32.1 Å². The van der Waals surface area contributed by atoms with Gasteiger partial charge in [-0.1, -0.05) is 24.3 Å². The maximum atomic E-state index is 12.4. The smallest absolute Gasteiger partial charge is 0.273 e. The van der Waals surface area contributed by atoms with Crippen LogP contribution in [0, 0.1) is 5.92 Å². The standard InChI is InChI=1S/C20H22N4O2/c1-24(2)16-11-7-14(8-12-16)13-21-23-20(26)17-5-3-4-6-18(17)22-19(25)15-9-10-15/h3-8,11-13,15H,9-10H2,1-2H3,(H,22,25)(H,23,26)/b21-13+. The Morgan fingerprint density at radius 2 is 1.77 bits per heavy atom. The highest BCUT2D eigenvalue weighted by molar-refractivity contribution is 6.04. The van der Waals surface area contributed by atoms with Gasteiger partial charge in [0.1, 0.15) is 0 Å². The Hall–Kier alpha value is -3.15. The summed E-state index contributed by atoms with van der Waals surface area (Å²) in [6.45, 7) is 0. The quantitative estimate of drug-likeness (QED) is 0.621. The van der Waals surface area contributed by atoms with Crippen molar-refractivity contribution in [3.63, 3.8) is 0 Å². The largest absolute Gasteiger partial charge is 0.378 e. The Morgan fingerprint density at radius 3 is 2.42 bits per heavy atom. The Labute approximate surface area is 152 Å². The van der Waals surface area contributed by atoms with Crippen LogP contribution in [0.1, 0.15) is 28.8 Å². The molecule has 0 heterocycles. The van der Waals surface area contributed by atoms with Crippen molar-refractivity contribution >= 4 is 29.4 Å². The summed E-state index contributed by atoms with van der Waals surface area (Å²) in [5.41, 5.74) is 5.38. The molecule has 0 bridgehead atoms. The molecular weight excluding hydrogens is 328 g/mol. The van der Waals surface area contributed by atoms with E-state index in [1.807, 2.05) is 43.3 Å². The molecule has 2 aromatic rings. The maximum Gasteiger partial charge on any atom is 0.273 e. The molecule has 2 amide bonds. The minimum absolute atomic E-state index is 0.0327. The minimum atomic E-state index is -0.363. The number of nitrogens with one attached hydrogen (secondary N) is 2. The number of benzene rings is 2. The average Bonchev–Trinajstić information content (AvgIpc) is 3.47. The molecule has 6 heteroatoms. The first kappa shape index (κ1) is 17.7. The topological polar surface area (TPSA) is 73.8 Å².